The van der Waals surface area contributed by atoms with Crippen molar-refractivity contribution in [2.75, 3.05) is 26.4 Å². The van der Waals surface area contributed by atoms with Gasteiger partial charge in [-0.2, -0.15) is 0 Å². The third-order valence-electron chi connectivity index (χ3n) is 6.73. The summed E-state index contributed by atoms with van der Waals surface area (Å²) in [7, 11) is 0. The predicted molar refractivity (Wildman–Crippen MR) is 157 cm³/mol. The first-order chi connectivity index (χ1) is 21.1. The highest BCUT2D eigenvalue weighted by Gasteiger charge is 2.48. The minimum Gasteiger partial charge on any atom is -0.463 e. The largest absolute Gasteiger partial charge is 0.463 e. The molecule has 0 aromatic heterocycles. The van der Waals surface area contributed by atoms with Gasteiger partial charge in [-0.25, -0.2) is 4.79 Å². The van der Waals surface area contributed by atoms with Crippen LogP contribution in [-0.2, 0) is 54.2 Å². The van der Waals surface area contributed by atoms with Crippen molar-refractivity contribution in [3.63, 3.8) is 0 Å². The molecule has 13 nitrogen and oxygen atoms in total. The fourth-order valence-electron chi connectivity index (χ4n) is 4.75. The molecular weight excluding hydrogens is 576 g/mol. The van der Waals surface area contributed by atoms with Gasteiger partial charge in [-0.3, -0.25) is 19.2 Å². The number of esters is 3. The molecule has 44 heavy (non-hydrogen) atoms. The van der Waals surface area contributed by atoms with Crippen LogP contribution >= 0.6 is 0 Å². The second kappa shape index (κ2) is 20.3. The summed E-state index contributed by atoms with van der Waals surface area (Å²) in [4.78, 5) is 59.4. The van der Waals surface area contributed by atoms with E-state index in [4.69, 9.17) is 28.4 Å². The summed E-state index contributed by atoms with van der Waals surface area (Å²) in [5.74, 6) is -2.29. The van der Waals surface area contributed by atoms with Crippen LogP contribution in [-0.4, -0.2) is 86.7 Å². The number of hydrogen-bond acceptors (Lipinski definition) is 11. The van der Waals surface area contributed by atoms with E-state index in [1.165, 1.54) is 27.7 Å². The minimum absolute atomic E-state index is 0.0345. The summed E-state index contributed by atoms with van der Waals surface area (Å²) in [6.07, 6.45) is 0.910. The molecule has 0 bridgehead atoms. The van der Waals surface area contributed by atoms with Gasteiger partial charge in [0.15, 0.2) is 12.2 Å². The van der Waals surface area contributed by atoms with Crippen LogP contribution in [0, 0.1) is 0 Å². The van der Waals surface area contributed by atoms with Crippen LogP contribution in [0.4, 0.5) is 4.79 Å². The maximum atomic E-state index is 12.1. The zero-order valence-corrected chi connectivity index (χ0v) is 26.0. The number of nitrogens with one attached hydrogen (secondary N) is 2. The monoisotopic (exact) mass is 622 g/mol. The van der Waals surface area contributed by atoms with E-state index in [1.54, 1.807) is 0 Å². The van der Waals surface area contributed by atoms with Crippen molar-refractivity contribution >= 4 is 29.9 Å². The summed E-state index contributed by atoms with van der Waals surface area (Å²) < 4.78 is 33.3. The predicted octanol–water partition coefficient (Wildman–Crippen LogP) is 2.97. The number of benzene rings is 1. The Kier molecular flexibility index (Phi) is 16.8. The van der Waals surface area contributed by atoms with Gasteiger partial charge in [0.2, 0.25) is 5.91 Å². The van der Waals surface area contributed by atoms with E-state index in [0.717, 1.165) is 44.1 Å². The van der Waals surface area contributed by atoms with Crippen LogP contribution < -0.4 is 10.6 Å². The second-order valence-electron chi connectivity index (χ2n) is 10.6. The maximum Gasteiger partial charge on any atom is 0.407 e. The highest BCUT2D eigenvalue weighted by Crippen LogP contribution is 2.25. The van der Waals surface area contributed by atoms with Crippen molar-refractivity contribution in [1.82, 2.24) is 10.6 Å². The molecule has 0 unspecified atom stereocenters. The lowest BCUT2D eigenvalue weighted by molar-refractivity contribution is -0.182. The summed E-state index contributed by atoms with van der Waals surface area (Å²) in [6, 6.07) is 8.59. The van der Waals surface area contributed by atoms with E-state index in [1.807, 2.05) is 30.3 Å². The summed E-state index contributed by atoms with van der Waals surface area (Å²) in [5, 5.41) is 5.52. The smallest absolute Gasteiger partial charge is 0.407 e. The SMILES string of the molecule is CC(=O)N[C@H]1[C@@H](OC(C)=O)[C@@H](OC(C)=O)[C@@H](COC(C)=O)OC[C@@H]1OCCCCCCCCNC(=O)OCc1ccccc1. The molecule has 0 radical (unpaired) electrons. The van der Waals surface area contributed by atoms with Crippen LogP contribution in [0.1, 0.15) is 71.8 Å². The number of amides is 2. The first-order valence-corrected chi connectivity index (χ1v) is 15.0. The normalized spacial score (nSPS) is 21.3. The molecule has 1 aromatic rings. The van der Waals surface area contributed by atoms with E-state index in [9.17, 15) is 24.0 Å². The number of alkyl carbamates (subject to hydrolysis) is 1. The van der Waals surface area contributed by atoms with Crippen molar-refractivity contribution in [2.45, 2.75) is 103 Å². The Bertz CT molecular complexity index is 1050. The Morgan fingerprint density at radius 2 is 1.43 bits per heavy atom. The first-order valence-electron chi connectivity index (χ1n) is 15.0. The van der Waals surface area contributed by atoms with Crippen LogP contribution in [0.15, 0.2) is 30.3 Å². The minimum atomic E-state index is -1.17. The third kappa shape index (κ3) is 14.6. The average Bonchev–Trinajstić information content (AvgIpc) is 3.08. The van der Waals surface area contributed by atoms with Crippen molar-refractivity contribution in [1.29, 1.82) is 0 Å². The van der Waals surface area contributed by atoms with Crippen molar-refractivity contribution in [3.8, 4) is 0 Å². The molecule has 1 aliphatic rings. The maximum absolute atomic E-state index is 12.1. The van der Waals surface area contributed by atoms with Gasteiger partial charge in [-0.1, -0.05) is 56.0 Å². The van der Waals surface area contributed by atoms with E-state index in [-0.39, 0.29) is 19.8 Å². The molecule has 0 saturated carbocycles. The molecule has 1 heterocycles. The van der Waals surface area contributed by atoms with Gasteiger partial charge in [0.1, 0.15) is 25.4 Å². The molecule has 2 rings (SSSR count). The zero-order chi connectivity index (χ0) is 32.3. The van der Waals surface area contributed by atoms with Crippen LogP contribution in [0.25, 0.3) is 0 Å². The summed E-state index contributed by atoms with van der Waals surface area (Å²) >= 11 is 0. The van der Waals surface area contributed by atoms with Gasteiger partial charge in [0.25, 0.3) is 0 Å². The lowest BCUT2D eigenvalue weighted by Crippen LogP contribution is -2.58. The standard InChI is InChI=1S/C31H46N2O11/c1-21(34)33-28-26(19-41-27(20-40-22(2)35)29(43-23(3)36)30(28)44-24(4)37)39-17-13-8-6-5-7-12-16-32-31(38)42-18-25-14-10-9-11-15-25/h9-11,14-15,26-30H,5-8,12-13,16-20H2,1-4H3,(H,32,38)(H,33,34)/t26-,27+,28+,29-,30+/m0/s1. The van der Waals surface area contributed by atoms with E-state index in [0.29, 0.717) is 13.2 Å². The topological polar surface area (TPSA) is 165 Å². The van der Waals surface area contributed by atoms with Crippen molar-refractivity contribution < 1.29 is 52.4 Å². The number of ether oxygens (including phenoxy) is 6. The molecule has 2 N–H and O–H groups in total. The third-order valence-corrected chi connectivity index (χ3v) is 6.73. The van der Waals surface area contributed by atoms with Gasteiger partial charge in [-0.15, -0.1) is 0 Å². The van der Waals surface area contributed by atoms with Crippen LogP contribution in [0.2, 0.25) is 0 Å². The molecule has 1 saturated heterocycles. The van der Waals surface area contributed by atoms with E-state index in [2.05, 4.69) is 10.6 Å². The quantitative estimate of drug-likeness (QED) is 0.149. The molecule has 13 heteroatoms. The Morgan fingerprint density at radius 1 is 0.795 bits per heavy atom. The Hall–Kier alpha value is -3.71. The van der Waals surface area contributed by atoms with Gasteiger partial charge in [0, 0.05) is 40.8 Å². The molecule has 1 fully saturated rings. The average molecular weight is 623 g/mol. The number of carbonyl (C=O) groups excluding carboxylic acids is 5. The highest BCUT2D eigenvalue weighted by atomic mass is 16.6. The molecular formula is C31H46N2O11. The molecule has 1 aliphatic heterocycles. The van der Waals surface area contributed by atoms with Gasteiger partial charge >= 0.3 is 24.0 Å². The Labute approximate surface area is 258 Å². The lowest BCUT2D eigenvalue weighted by atomic mass is 9.97. The number of carbonyl (C=O) groups is 5. The summed E-state index contributed by atoms with van der Waals surface area (Å²) in [5.41, 5.74) is 0.933. The van der Waals surface area contributed by atoms with Crippen molar-refractivity contribution in [2.24, 2.45) is 0 Å². The fraction of sp³-hybridized carbons (Fsp3) is 0.645. The molecule has 0 aliphatic carbocycles. The fourth-order valence-corrected chi connectivity index (χ4v) is 4.75. The van der Waals surface area contributed by atoms with Crippen molar-refractivity contribution in [3.05, 3.63) is 35.9 Å². The second-order valence-corrected chi connectivity index (χ2v) is 10.6. The molecule has 246 valence electrons. The van der Waals surface area contributed by atoms with E-state index < -0.39 is 60.4 Å². The number of hydrogen-bond donors (Lipinski definition) is 2. The number of unbranched alkanes of at least 4 members (excludes halogenated alkanes) is 5. The molecule has 0 spiro atoms. The number of rotatable bonds is 17. The first kappa shape index (κ1) is 36.5. The van der Waals surface area contributed by atoms with Gasteiger partial charge in [-0.05, 0) is 18.4 Å². The lowest BCUT2D eigenvalue weighted by Gasteiger charge is -2.35. The zero-order valence-electron chi connectivity index (χ0n) is 26.0. The van der Waals surface area contributed by atoms with Crippen LogP contribution in [0.3, 0.4) is 0 Å². The Morgan fingerprint density at radius 3 is 2.07 bits per heavy atom. The van der Waals surface area contributed by atoms with E-state index >= 15 is 0 Å². The molecule has 5 atom stereocenters. The molecule has 1 aromatic carbocycles. The molecule has 2 amide bonds. The van der Waals surface area contributed by atoms with Gasteiger partial charge in [0.05, 0.1) is 12.6 Å². The highest BCUT2D eigenvalue weighted by molar-refractivity contribution is 5.73. The van der Waals surface area contributed by atoms with Gasteiger partial charge < -0.3 is 39.1 Å². The Balaban J connectivity index is 1.80. The summed E-state index contributed by atoms with van der Waals surface area (Å²) in [6.45, 7) is 5.77. The van der Waals surface area contributed by atoms with Crippen LogP contribution in [0.5, 0.6) is 0 Å².